The molecule has 1 aliphatic rings. The maximum atomic E-state index is 14.2. The van der Waals surface area contributed by atoms with Gasteiger partial charge in [-0.3, -0.25) is 4.79 Å². The molecule has 1 aliphatic heterocycles. The third kappa shape index (κ3) is 2.83. The number of hydrogen-bond donors (Lipinski definition) is 3. The van der Waals surface area contributed by atoms with Gasteiger partial charge in [-0.15, -0.1) is 0 Å². The minimum atomic E-state index is -0.551. The molecule has 3 N–H and O–H groups in total. The third-order valence-corrected chi connectivity index (χ3v) is 5.52. The maximum Gasteiger partial charge on any atom is 0.197 e. The Balaban J connectivity index is 2.03. The first-order valence-electron chi connectivity index (χ1n) is 9.01. The van der Waals surface area contributed by atoms with Crippen molar-refractivity contribution in [1.29, 1.82) is 0 Å². The summed E-state index contributed by atoms with van der Waals surface area (Å²) in [6.45, 7) is 0.551. The number of hydrogen-bond acceptors (Lipinski definition) is 6. The molecule has 0 aliphatic carbocycles. The Labute approximate surface area is 160 Å². The van der Waals surface area contributed by atoms with Crippen LogP contribution >= 0.6 is 0 Å². The number of phenolic OH excluding ortho intramolecular Hbond substituents is 2. The number of likely N-dealkylation sites (N-methyl/N-ethyl adjacent to an activating group) is 1. The largest absolute Gasteiger partial charge is 0.507 e. The van der Waals surface area contributed by atoms with Gasteiger partial charge in [-0.2, -0.15) is 0 Å². The second-order valence-corrected chi connectivity index (χ2v) is 7.11. The fraction of sp³-hybridized carbons (Fsp3) is 0.286. The van der Waals surface area contributed by atoms with E-state index in [1.165, 1.54) is 18.2 Å². The number of benzene rings is 2. The number of likely N-dealkylation sites (tertiary alicyclic amines) is 1. The van der Waals surface area contributed by atoms with Gasteiger partial charge >= 0.3 is 0 Å². The van der Waals surface area contributed by atoms with Crippen LogP contribution in [0.1, 0.15) is 17.9 Å². The standard InChI is InChI=1S/C21H20FNO5/c1-23-7-6-12(14(23)10-24)19-15(25)8-16(26)20-17(27)9-18(28-21(19)20)11-4-2-3-5-13(11)22/h2-5,8-9,12,14,24-26H,6-7,10H2,1H3/t12?,14-/m1/s1. The molecule has 0 amide bonds. The molecule has 1 unspecified atom stereocenters. The molecule has 1 aromatic heterocycles. The lowest BCUT2D eigenvalue weighted by molar-refractivity contribution is 0.172. The Bertz CT molecular complexity index is 1110. The molecule has 7 heteroatoms. The van der Waals surface area contributed by atoms with E-state index in [1.807, 2.05) is 11.9 Å². The van der Waals surface area contributed by atoms with Crippen molar-refractivity contribution in [3.63, 3.8) is 0 Å². The summed E-state index contributed by atoms with van der Waals surface area (Å²) < 4.78 is 20.1. The van der Waals surface area contributed by atoms with Crippen LogP contribution in [0.3, 0.4) is 0 Å². The van der Waals surface area contributed by atoms with Gasteiger partial charge in [-0.1, -0.05) is 12.1 Å². The predicted molar refractivity (Wildman–Crippen MR) is 102 cm³/mol. The highest BCUT2D eigenvalue weighted by Gasteiger charge is 2.36. The van der Waals surface area contributed by atoms with Crippen molar-refractivity contribution in [3.8, 4) is 22.8 Å². The molecule has 2 aromatic carbocycles. The van der Waals surface area contributed by atoms with E-state index in [9.17, 15) is 24.5 Å². The average molecular weight is 385 g/mol. The second-order valence-electron chi connectivity index (χ2n) is 7.11. The van der Waals surface area contributed by atoms with Crippen molar-refractivity contribution in [2.24, 2.45) is 0 Å². The molecular formula is C21H20FNO5. The van der Waals surface area contributed by atoms with Crippen LogP contribution in [0.15, 0.2) is 45.6 Å². The fourth-order valence-corrected chi connectivity index (χ4v) is 4.09. The lowest BCUT2D eigenvalue weighted by Crippen LogP contribution is -2.32. The minimum Gasteiger partial charge on any atom is -0.507 e. The molecule has 1 fully saturated rings. The highest BCUT2D eigenvalue weighted by molar-refractivity contribution is 5.89. The number of aromatic hydroxyl groups is 2. The summed E-state index contributed by atoms with van der Waals surface area (Å²) in [5.41, 5.74) is -0.0730. The zero-order chi connectivity index (χ0) is 20.0. The molecule has 4 rings (SSSR count). The van der Waals surface area contributed by atoms with Gasteiger partial charge in [-0.05, 0) is 32.1 Å². The van der Waals surface area contributed by atoms with Gasteiger partial charge in [0.25, 0.3) is 0 Å². The number of aliphatic hydroxyl groups excluding tert-OH is 1. The van der Waals surface area contributed by atoms with Crippen LogP contribution in [0.5, 0.6) is 11.5 Å². The third-order valence-electron chi connectivity index (χ3n) is 5.52. The fourth-order valence-electron chi connectivity index (χ4n) is 4.09. The highest BCUT2D eigenvalue weighted by atomic mass is 19.1. The van der Waals surface area contributed by atoms with E-state index in [-0.39, 0.29) is 46.6 Å². The van der Waals surface area contributed by atoms with Crippen LogP contribution in [0, 0.1) is 5.82 Å². The quantitative estimate of drug-likeness (QED) is 0.642. The summed E-state index contributed by atoms with van der Waals surface area (Å²) in [4.78, 5) is 14.7. The maximum absolute atomic E-state index is 14.2. The van der Waals surface area contributed by atoms with Gasteiger partial charge in [0.1, 0.15) is 34.0 Å². The van der Waals surface area contributed by atoms with E-state index < -0.39 is 17.0 Å². The number of fused-ring (bicyclic) bond motifs is 1. The first kappa shape index (κ1) is 18.5. The van der Waals surface area contributed by atoms with Gasteiger partial charge in [0.05, 0.1) is 12.2 Å². The van der Waals surface area contributed by atoms with Crippen LogP contribution in [-0.4, -0.2) is 46.5 Å². The van der Waals surface area contributed by atoms with Crippen LogP contribution in [-0.2, 0) is 0 Å². The summed E-state index contributed by atoms with van der Waals surface area (Å²) in [6, 6.07) is 7.87. The highest BCUT2D eigenvalue weighted by Crippen LogP contribution is 2.44. The Morgan fingerprint density at radius 1 is 1.21 bits per heavy atom. The van der Waals surface area contributed by atoms with Gasteiger partial charge in [0, 0.05) is 29.7 Å². The minimum absolute atomic E-state index is 0.00810. The van der Waals surface area contributed by atoms with Crippen LogP contribution in [0.4, 0.5) is 4.39 Å². The van der Waals surface area contributed by atoms with Gasteiger partial charge in [-0.25, -0.2) is 4.39 Å². The smallest absolute Gasteiger partial charge is 0.197 e. The van der Waals surface area contributed by atoms with Crippen molar-refractivity contribution in [1.82, 2.24) is 4.90 Å². The van der Waals surface area contributed by atoms with E-state index in [4.69, 9.17) is 4.42 Å². The molecule has 3 aromatic rings. The number of nitrogens with zero attached hydrogens (tertiary/aromatic N) is 1. The Hall–Kier alpha value is -2.90. The number of rotatable bonds is 3. The second kappa shape index (κ2) is 6.92. The topological polar surface area (TPSA) is 94.1 Å². The van der Waals surface area contributed by atoms with Gasteiger partial charge < -0.3 is 24.6 Å². The van der Waals surface area contributed by atoms with Crippen molar-refractivity contribution in [2.45, 2.75) is 18.4 Å². The van der Waals surface area contributed by atoms with Crippen LogP contribution < -0.4 is 5.43 Å². The number of phenols is 2. The molecule has 1 saturated heterocycles. The molecule has 2 heterocycles. The lowest BCUT2D eigenvalue weighted by atomic mass is 9.89. The van der Waals surface area contributed by atoms with E-state index in [1.54, 1.807) is 6.07 Å². The van der Waals surface area contributed by atoms with Crippen molar-refractivity contribution >= 4 is 11.0 Å². The van der Waals surface area contributed by atoms with Gasteiger partial charge in [0.15, 0.2) is 5.43 Å². The molecule has 0 radical (unpaired) electrons. The van der Waals surface area contributed by atoms with Gasteiger partial charge in [0.2, 0.25) is 0 Å². The van der Waals surface area contributed by atoms with Crippen molar-refractivity contribution in [2.75, 3.05) is 20.2 Å². The predicted octanol–water partition coefficient (Wildman–Crippen LogP) is 2.79. The molecule has 2 atom stereocenters. The molecule has 146 valence electrons. The summed E-state index contributed by atoms with van der Waals surface area (Å²) >= 11 is 0. The summed E-state index contributed by atoms with van der Waals surface area (Å²) in [5, 5.41) is 30.5. The lowest BCUT2D eigenvalue weighted by Gasteiger charge is -2.24. The molecule has 0 spiro atoms. The van der Waals surface area contributed by atoms with Crippen molar-refractivity contribution in [3.05, 3.63) is 58.0 Å². The van der Waals surface area contributed by atoms with Crippen molar-refractivity contribution < 1.29 is 24.1 Å². The average Bonchev–Trinajstić information content (AvgIpc) is 3.01. The van der Waals surface area contributed by atoms with Crippen LogP contribution in [0.25, 0.3) is 22.3 Å². The summed E-state index contributed by atoms with van der Waals surface area (Å²) in [6.07, 6.45) is 0.628. The zero-order valence-electron chi connectivity index (χ0n) is 15.2. The number of aliphatic hydroxyl groups is 1. The zero-order valence-corrected chi connectivity index (χ0v) is 15.2. The summed E-state index contributed by atoms with van der Waals surface area (Å²) in [5.74, 6) is -1.48. The summed E-state index contributed by atoms with van der Waals surface area (Å²) in [7, 11) is 1.86. The molecule has 6 nitrogen and oxygen atoms in total. The molecular weight excluding hydrogens is 365 g/mol. The Kier molecular flexibility index (Phi) is 4.56. The SMILES string of the molecule is CN1CCC(c2c(O)cc(O)c3c(=O)cc(-c4ccccc4F)oc23)[C@H]1CO. The number of halogens is 1. The first-order chi connectivity index (χ1) is 13.4. The normalized spacial score (nSPS) is 20.1. The van der Waals surface area contributed by atoms with E-state index in [0.717, 1.165) is 12.1 Å². The van der Waals surface area contributed by atoms with E-state index >= 15 is 0 Å². The molecule has 0 bridgehead atoms. The van der Waals surface area contributed by atoms with E-state index in [0.29, 0.717) is 18.5 Å². The molecule has 28 heavy (non-hydrogen) atoms. The Morgan fingerprint density at radius 2 is 1.96 bits per heavy atom. The molecule has 0 saturated carbocycles. The van der Waals surface area contributed by atoms with Crippen LogP contribution in [0.2, 0.25) is 0 Å². The van der Waals surface area contributed by atoms with E-state index in [2.05, 4.69) is 0 Å². The Morgan fingerprint density at radius 3 is 2.68 bits per heavy atom. The monoisotopic (exact) mass is 385 g/mol. The first-order valence-corrected chi connectivity index (χ1v) is 9.01.